The fourth-order valence-corrected chi connectivity index (χ4v) is 3.46. The van der Waals surface area contributed by atoms with Crippen molar-refractivity contribution in [1.29, 1.82) is 0 Å². The smallest absolute Gasteiger partial charge is 0.256 e. The summed E-state index contributed by atoms with van der Waals surface area (Å²) in [6.45, 7) is 0. The number of fused-ring (bicyclic) bond motifs is 2. The highest BCUT2D eigenvalue weighted by atomic mass is 32.2. The van der Waals surface area contributed by atoms with E-state index in [0.29, 0.717) is 17.4 Å². The summed E-state index contributed by atoms with van der Waals surface area (Å²) in [4.78, 5) is 16.6. The highest BCUT2D eigenvalue weighted by molar-refractivity contribution is 7.99. The number of carbonyl (C=O) groups is 1. The molecule has 4 rings (SSSR count). The molecule has 1 heterocycles. The summed E-state index contributed by atoms with van der Waals surface area (Å²) in [5.74, 6) is 0.601. The van der Waals surface area contributed by atoms with Gasteiger partial charge in [0.05, 0.1) is 0 Å². The molecule has 0 radical (unpaired) electrons. The minimum atomic E-state index is -0.0139. The molecule has 0 bridgehead atoms. The summed E-state index contributed by atoms with van der Waals surface area (Å²) < 4.78 is 5.65. The number of benzene rings is 3. The molecule has 1 aromatic heterocycles. The van der Waals surface area contributed by atoms with E-state index in [1.165, 1.54) is 11.8 Å². The Morgan fingerprint density at radius 3 is 2.72 bits per heavy atom. The Morgan fingerprint density at radius 1 is 1.00 bits per heavy atom. The van der Waals surface area contributed by atoms with Crippen molar-refractivity contribution in [2.24, 2.45) is 0 Å². The Kier molecular flexibility index (Phi) is 4.39. The number of thioether (sulfide) groups is 1. The lowest BCUT2D eigenvalue weighted by atomic mass is 10.1. The number of para-hydroxylation sites is 2. The Balaban J connectivity index is 1.37. The van der Waals surface area contributed by atoms with Crippen LogP contribution in [0.15, 0.2) is 76.4 Å². The average Bonchev–Trinajstić information content (AvgIpc) is 3.05. The number of nitrogens with zero attached hydrogens (tertiary/aromatic N) is 1. The van der Waals surface area contributed by atoms with Gasteiger partial charge in [-0.2, -0.15) is 0 Å². The van der Waals surface area contributed by atoms with Gasteiger partial charge < -0.3 is 9.73 Å². The van der Waals surface area contributed by atoms with Crippen molar-refractivity contribution >= 4 is 45.2 Å². The first kappa shape index (κ1) is 15.7. The summed E-state index contributed by atoms with van der Waals surface area (Å²) in [6.07, 6.45) is 0.395. The Morgan fingerprint density at radius 2 is 1.80 bits per heavy atom. The van der Waals surface area contributed by atoms with E-state index < -0.39 is 0 Å². The summed E-state index contributed by atoms with van der Waals surface area (Å²) in [5, 5.41) is 5.75. The maximum atomic E-state index is 12.2. The molecule has 4 nitrogen and oxygen atoms in total. The van der Waals surface area contributed by atoms with Crippen LogP contribution in [0.1, 0.15) is 6.42 Å². The van der Waals surface area contributed by atoms with Gasteiger partial charge in [0, 0.05) is 23.2 Å². The van der Waals surface area contributed by atoms with Crippen molar-refractivity contribution < 1.29 is 9.21 Å². The largest absolute Gasteiger partial charge is 0.431 e. The van der Waals surface area contributed by atoms with Gasteiger partial charge in [-0.15, -0.1) is 0 Å². The van der Waals surface area contributed by atoms with Crippen molar-refractivity contribution in [3.8, 4) is 0 Å². The molecule has 0 spiro atoms. The zero-order valence-corrected chi connectivity index (χ0v) is 14.3. The second kappa shape index (κ2) is 6.99. The molecule has 3 aromatic carbocycles. The van der Waals surface area contributed by atoms with E-state index in [1.807, 2.05) is 66.7 Å². The van der Waals surface area contributed by atoms with Crippen LogP contribution < -0.4 is 5.32 Å². The van der Waals surface area contributed by atoms with Crippen molar-refractivity contribution in [1.82, 2.24) is 4.98 Å². The molecule has 124 valence electrons. The van der Waals surface area contributed by atoms with Gasteiger partial charge in [-0.25, -0.2) is 4.98 Å². The number of aromatic nitrogens is 1. The van der Waals surface area contributed by atoms with Crippen molar-refractivity contribution in [2.45, 2.75) is 11.6 Å². The second-order valence-electron chi connectivity index (χ2n) is 5.62. The van der Waals surface area contributed by atoms with Crippen LogP contribution in [-0.2, 0) is 4.79 Å². The molecule has 0 unspecified atom stereocenters. The van der Waals surface area contributed by atoms with Gasteiger partial charge >= 0.3 is 0 Å². The number of hydrogen-bond donors (Lipinski definition) is 1. The van der Waals surface area contributed by atoms with Gasteiger partial charge in [-0.1, -0.05) is 60.3 Å². The zero-order valence-electron chi connectivity index (χ0n) is 13.4. The molecule has 0 fully saturated rings. The number of oxazole rings is 1. The zero-order chi connectivity index (χ0) is 17.1. The van der Waals surface area contributed by atoms with Gasteiger partial charge in [0.1, 0.15) is 5.52 Å². The predicted octanol–water partition coefficient (Wildman–Crippen LogP) is 5.10. The van der Waals surface area contributed by atoms with E-state index >= 15 is 0 Å². The van der Waals surface area contributed by atoms with Crippen LogP contribution in [0.25, 0.3) is 21.9 Å². The lowest BCUT2D eigenvalue weighted by Gasteiger charge is -2.08. The number of amides is 1. The first-order chi connectivity index (χ1) is 12.3. The molecule has 0 aliphatic carbocycles. The van der Waals surface area contributed by atoms with Gasteiger partial charge in [0.25, 0.3) is 5.22 Å². The summed E-state index contributed by atoms with van der Waals surface area (Å²) in [7, 11) is 0. The van der Waals surface area contributed by atoms with E-state index in [0.717, 1.165) is 27.6 Å². The van der Waals surface area contributed by atoms with Crippen LogP contribution in [-0.4, -0.2) is 16.6 Å². The van der Waals surface area contributed by atoms with E-state index in [4.69, 9.17) is 4.42 Å². The predicted molar refractivity (Wildman–Crippen MR) is 102 cm³/mol. The maximum absolute atomic E-state index is 12.2. The highest BCUT2D eigenvalue weighted by Gasteiger charge is 2.09. The normalized spacial score (nSPS) is 11.0. The van der Waals surface area contributed by atoms with Crippen LogP contribution >= 0.6 is 11.8 Å². The molecule has 0 saturated heterocycles. The van der Waals surface area contributed by atoms with E-state index in [1.54, 1.807) is 0 Å². The summed E-state index contributed by atoms with van der Waals surface area (Å²) >= 11 is 1.45. The van der Waals surface area contributed by atoms with Gasteiger partial charge in [-0.3, -0.25) is 4.79 Å². The number of carbonyl (C=O) groups excluding carboxylic acids is 1. The second-order valence-corrected chi connectivity index (χ2v) is 6.67. The minimum Gasteiger partial charge on any atom is -0.431 e. The molecule has 25 heavy (non-hydrogen) atoms. The van der Waals surface area contributed by atoms with Crippen LogP contribution in [0.4, 0.5) is 5.69 Å². The van der Waals surface area contributed by atoms with Crippen molar-refractivity contribution in [3.05, 3.63) is 66.7 Å². The average molecular weight is 348 g/mol. The van der Waals surface area contributed by atoms with Crippen LogP contribution in [0.2, 0.25) is 0 Å². The first-order valence-electron chi connectivity index (χ1n) is 8.05. The SMILES string of the molecule is O=C(CCSc1nc2ccccc2o1)Nc1cccc2ccccc12. The molecule has 0 aliphatic rings. The quantitative estimate of drug-likeness (QED) is 0.510. The maximum Gasteiger partial charge on any atom is 0.256 e. The molecule has 0 aliphatic heterocycles. The third-order valence-corrected chi connectivity index (χ3v) is 4.72. The lowest BCUT2D eigenvalue weighted by molar-refractivity contribution is -0.115. The minimum absolute atomic E-state index is 0.0139. The monoisotopic (exact) mass is 348 g/mol. The number of anilines is 1. The third-order valence-electron chi connectivity index (χ3n) is 3.89. The van der Waals surface area contributed by atoms with Crippen LogP contribution in [0.5, 0.6) is 0 Å². The fraction of sp³-hybridized carbons (Fsp3) is 0.100. The lowest BCUT2D eigenvalue weighted by Crippen LogP contribution is -2.12. The molecular weight excluding hydrogens is 332 g/mol. The number of rotatable bonds is 5. The topological polar surface area (TPSA) is 55.1 Å². The van der Waals surface area contributed by atoms with Gasteiger partial charge in [0.2, 0.25) is 5.91 Å². The molecule has 5 heteroatoms. The molecular formula is C20H16N2O2S. The Labute approximate surface area is 149 Å². The molecule has 0 atom stereocenters. The summed E-state index contributed by atoms with van der Waals surface area (Å²) in [5.41, 5.74) is 2.45. The van der Waals surface area contributed by atoms with E-state index in [2.05, 4.69) is 10.3 Å². The van der Waals surface area contributed by atoms with Crippen LogP contribution in [0.3, 0.4) is 0 Å². The first-order valence-corrected chi connectivity index (χ1v) is 9.04. The van der Waals surface area contributed by atoms with Crippen molar-refractivity contribution in [2.75, 3.05) is 11.1 Å². The molecule has 0 saturated carbocycles. The highest BCUT2D eigenvalue weighted by Crippen LogP contribution is 2.25. The molecule has 4 aromatic rings. The number of hydrogen-bond acceptors (Lipinski definition) is 4. The van der Waals surface area contributed by atoms with Crippen LogP contribution in [0, 0.1) is 0 Å². The molecule has 1 N–H and O–H groups in total. The van der Waals surface area contributed by atoms with E-state index in [9.17, 15) is 4.79 Å². The third kappa shape index (κ3) is 3.51. The number of nitrogens with one attached hydrogen (secondary N) is 1. The molecule has 1 amide bonds. The Bertz CT molecular complexity index is 1000. The fourth-order valence-electron chi connectivity index (χ4n) is 2.69. The Hall–Kier alpha value is -2.79. The summed E-state index contributed by atoms with van der Waals surface area (Å²) in [6, 6.07) is 21.6. The van der Waals surface area contributed by atoms with E-state index in [-0.39, 0.29) is 5.91 Å². The van der Waals surface area contributed by atoms with Gasteiger partial charge in [-0.05, 0) is 23.6 Å². The van der Waals surface area contributed by atoms with Crippen molar-refractivity contribution in [3.63, 3.8) is 0 Å². The standard InChI is InChI=1S/C20H16N2O2S/c23-19(21-16-10-5-7-14-6-1-2-8-15(14)16)12-13-25-20-22-17-9-3-4-11-18(17)24-20/h1-11H,12-13H2,(H,21,23). The van der Waals surface area contributed by atoms with Gasteiger partial charge in [0.15, 0.2) is 5.58 Å².